The van der Waals surface area contributed by atoms with Crippen LogP contribution in [0.15, 0.2) is 194 Å². The molecule has 0 unspecified atom stereocenters. The maximum atomic E-state index is 7.50. The summed E-state index contributed by atoms with van der Waals surface area (Å²) in [7, 11) is 0. The Hall–Kier alpha value is -7.63. The summed E-state index contributed by atoms with van der Waals surface area (Å²) in [6, 6.07) is 68.3. The van der Waals surface area contributed by atoms with Crippen LogP contribution in [-0.4, -0.2) is 19.5 Å². The molecule has 0 atom stereocenters. The van der Waals surface area contributed by atoms with Crippen molar-refractivity contribution < 1.29 is 4.74 Å². The van der Waals surface area contributed by atoms with Gasteiger partial charge in [0.15, 0.2) is 23.2 Å². The predicted octanol–water partition coefficient (Wildman–Crippen LogP) is 12.4. The molecule has 3 heterocycles. The van der Waals surface area contributed by atoms with Gasteiger partial charge in [-0.2, -0.15) is 0 Å². The highest BCUT2D eigenvalue weighted by molar-refractivity contribution is 6.09. The highest BCUT2D eigenvalue weighted by Gasteiger charge is 2.52. The fraction of sp³-hybridized carbons (Fsp3) is 0.0192. The maximum Gasteiger partial charge on any atom is 0.167 e. The van der Waals surface area contributed by atoms with E-state index in [2.05, 4.69) is 138 Å². The number of ether oxygens (including phenoxy) is 1. The minimum Gasteiger partial charge on any atom is -0.454 e. The Kier molecular flexibility index (Phi) is 6.78. The molecule has 0 saturated carbocycles. The Morgan fingerprint density at radius 1 is 0.351 bits per heavy atom. The molecule has 0 N–H and O–H groups in total. The maximum absolute atomic E-state index is 7.50. The molecule has 2 aromatic heterocycles. The SMILES string of the molecule is c1ccc(-c2nc(-c3ccccc3)nc(-c3cccc4c3Oc3c(-n5c6ccccc6c6ccccc65)cccc3C43c4ccccc4-c4ccccc43)n2)cc1. The quantitative estimate of drug-likeness (QED) is 0.181. The van der Waals surface area contributed by atoms with Gasteiger partial charge in [-0.1, -0.05) is 170 Å². The Bertz CT molecular complexity index is 3070. The normalized spacial score (nSPS) is 13.2. The van der Waals surface area contributed by atoms with Crippen LogP contribution < -0.4 is 4.74 Å². The first-order chi connectivity index (χ1) is 28.3. The van der Waals surface area contributed by atoms with Crippen molar-refractivity contribution in [2.24, 2.45) is 0 Å². The Labute approximate surface area is 329 Å². The van der Waals surface area contributed by atoms with E-state index in [1.807, 2.05) is 60.7 Å². The third-order valence-corrected chi connectivity index (χ3v) is 11.7. The van der Waals surface area contributed by atoms with E-state index in [1.165, 1.54) is 33.0 Å². The number of hydrogen-bond donors (Lipinski definition) is 0. The molecule has 5 nitrogen and oxygen atoms in total. The molecule has 0 radical (unpaired) electrons. The Morgan fingerprint density at radius 2 is 0.789 bits per heavy atom. The average molecular weight is 729 g/mol. The van der Waals surface area contributed by atoms with Crippen LogP contribution in [0.4, 0.5) is 0 Å². The molecule has 57 heavy (non-hydrogen) atoms. The fourth-order valence-corrected chi connectivity index (χ4v) is 9.40. The summed E-state index contributed by atoms with van der Waals surface area (Å²) in [6.45, 7) is 0. The monoisotopic (exact) mass is 728 g/mol. The molecule has 1 aliphatic carbocycles. The lowest BCUT2D eigenvalue weighted by atomic mass is 9.65. The smallest absolute Gasteiger partial charge is 0.167 e. The molecule has 12 rings (SSSR count). The van der Waals surface area contributed by atoms with Gasteiger partial charge in [0.1, 0.15) is 5.75 Å². The lowest BCUT2D eigenvalue weighted by molar-refractivity contribution is 0.436. The number of para-hydroxylation sites is 4. The fourth-order valence-electron chi connectivity index (χ4n) is 9.40. The second-order valence-electron chi connectivity index (χ2n) is 14.7. The molecule has 266 valence electrons. The molecular weight excluding hydrogens is 697 g/mol. The van der Waals surface area contributed by atoms with Crippen LogP contribution in [0.5, 0.6) is 11.5 Å². The average Bonchev–Trinajstić information content (AvgIpc) is 3.77. The highest BCUT2D eigenvalue weighted by Crippen LogP contribution is 2.64. The van der Waals surface area contributed by atoms with E-state index < -0.39 is 5.41 Å². The van der Waals surface area contributed by atoms with Gasteiger partial charge in [0.05, 0.1) is 27.7 Å². The zero-order chi connectivity index (χ0) is 37.5. The highest BCUT2D eigenvalue weighted by atomic mass is 16.5. The zero-order valence-corrected chi connectivity index (χ0v) is 30.7. The van der Waals surface area contributed by atoms with Crippen LogP contribution in [0.3, 0.4) is 0 Å². The lowest BCUT2D eigenvalue weighted by Gasteiger charge is -2.40. The van der Waals surface area contributed by atoms with Crippen LogP contribution in [0, 0.1) is 0 Å². The van der Waals surface area contributed by atoms with Crippen LogP contribution in [0.2, 0.25) is 0 Å². The van der Waals surface area contributed by atoms with Gasteiger partial charge in [-0.3, -0.25) is 0 Å². The molecule has 8 aromatic carbocycles. The number of aromatic nitrogens is 4. The minimum absolute atomic E-state index is 0.548. The van der Waals surface area contributed by atoms with Crippen molar-refractivity contribution in [3.8, 4) is 62.5 Å². The number of hydrogen-bond acceptors (Lipinski definition) is 4. The summed E-state index contributed by atoms with van der Waals surface area (Å²) in [5.41, 5.74) is 12.2. The van der Waals surface area contributed by atoms with E-state index >= 15 is 0 Å². The third-order valence-electron chi connectivity index (χ3n) is 11.7. The number of fused-ring (bicyclic) bond motifs is 12. The van der Waals surface area contributed by atoms with Gasteiger partial charge in [0.2, 0.25) is 0 Å². The minimum atomic E-state index is -0.696. The summed E-state index contributed by atoms with van der Waals surface area (Å²) in [5, 5.41) is 2.39. The summed E-state index contributed by atoms with van der Waals surface area (Å²) in [4.78, 5) is 15.4. The Balaban J connectivity index is 1.20. The van der Waals surface area contributed by atoms with E-state index in [0.29, 0.717) is 17.5 Å². The Morgan fingerprint density at radius 3 is 1.39 bits per heavy atom. The van der Waals surface area contributed by atoms with E-state index in [4.69, 9.17) is 19.7 Å². The van der Waals surface area contributed by atoms with E-state index in [1.54, 1.807) is 0 Å². The summed E-state index contributed by atoms with van der Waals surface area (Å²) >= 11 is 0. The molecule has 0 fully saturated rings. The first kappa shape index (κ1) is 31.7. The number of rotatable bonds is 4. The molecule has 0 saturated heterocycles. The summed E-state index contributed by atoms with van der Waals surface area (Å²) < 4.78 is 9.87. The van der Waals surface area contributed by atoms with Crippen molar-refractivity contribution >= 4 is 21.8 Å². The van der Waals surface area contributed by atoms with Gasteiger partial charge in [0.25, 0.3) is 0 Å². The molecule has 1 spiro atoms. The molecular formula is C52H32N4O. The molecule has 0 bridgehead atoms. The number of nitrogens with zero attached hydrogens (tertiary/aromatic N) is 4. The largest absolute Gasteiger partial charge is 0.454 e. The second-order valence-corrected chi connectivity index (χ2v) is 14.7. The molecule has 10 aromatic rings. The van der Waals surface area contributed by atoms with Crippen molar-refractivity contribution in [1.29, 1.82) is 0 Å². The summed E-state index contributed by atoms with van der Waals surface area (Å²) in [6.07, 6.45) is 0. The van der Waals surface area contributed by atoms with Gasteiger partial charge < -0.3 is 9.30 Å². The van der Waals surface area contributed by atoms with E-state index in [-0.39, 0.29) is 0 Å². The molecule has 0 amide bonds. The third kappa shape index (κ3) is 4.48. The first-order valence-electron chi connectivity index (χ1n) is 19.3. The number of benzene rings is 8. The van der Waals surface area contributed by atoms with E-state index in [0.717, 1.165) is 56.0 Å². The zero-order valence-electron chi connectivity index (χ0n) is 30.7. The van der Waals surface area contributed by atoms with Crippen molar-refractivity contribution in [2.45, 2.75) is 5.41 Å². The van der Waals surface area contributed by atoms with Crippen LogP contribution >= 0.6 is 0 Å². The van der Waals surface area contributed by atoms with Gasteiger partial charge in [-0.25, -0.2) is 15.0 Å². The topological polar surface area (TPSA) is 52.8 Å². The van der Waals surface area contributed by atoms with Gasteiger partial charge in [-0.05, 0) is 46.5 Å². The van der Waals surface area contributed by atoms with Crippen LogP contribution in [0.25, 0.3) is 72.8 Å². The second kappa shape index (κ2) is 12.2. The van der Waals surface area contributed by atoms with Crippen LogP contribution in [-0.2, 0) is 5.41 Å². The lowest BCUT2D eigenvalue weighted by Crippen LogP contribution is -2.32. The van der Waals surface area contributed by atoms with Crippen molar-refractivity contribution in [3.05, 3.63) is 216 Å². The van der Waals surface area contributed by atoms with Gasteiger partial charge >= 0.3 is 0 Å². The van der Waals surface area contributed by atoms with Crippen molar-refractivity contribution in [1.82, 2.24) is 19.5 Å². The van der Waals surface area contributed by atoms with Gasteiger partial charge in [-0.15, -0.1) is 0 Å². The van der Waals surface area contributed by atoms with E-state index in [9.17, 15) is 0 Å². The standard InChI is InChI=1S/C52H32N4O/c1-3-17-33(18-4-1)49-53-50(34-19-5-2-6-20-34)55-51(54-49)39-25-15-28-42-47(39)57-48-43(52(42)40-26-11-7-21-35(40)36-22-8-12-27-41(36)52)29-16-32-46(48)56-44-30-13-9-23-37(44)38-24-10-14-31-45(38)56/h1-32H. The molecule has 5 heteroatoms. The first-order valence-corrected chi connectivity index (χ1v) is 19.3. The van der Waals surface area contributed by atoms with Crippen molar-refractivity contribution in [2.75, 3.05) is 0 Å². The molecule has 1 aliphatic heterocycles. The molecule has 2 aliphatic rings. The van der Waals surface area contributed by atoms with Crippen molar-refractivity contribution in [3.63, 3.8) is 0 Å². The van der Waals surface area contributed by atoms with Crippen LogP contribution in [0.1, 0.15) is 22.3 Å². The van der Waals surface area contributed by atoms with Gasteiger partial charge in [0, 0.05) is 33.0 Å². The predicted molar refractivity (Wildman–Crippen MR) is 228 cm³/mol. The summed E-state index contributed by atoms with van der Waals surface area (Å²) in [5.74, 6) is 3.29.